The van der Waals surface area contributed by atoms with E-state index in [2.05, 4.69) is 10.4 Å². The number of hydrogen-bond acceptors (Lipinski definition) is 4. The quantitative estimate of drug-likeness (QED) is 0.717. The van der Waals surface area contributed by atoms with E-state index < -0.39 is 5.69 Å². The van der Waals surface area contributed by atoms with Crippen molar-refractivity contribution in [3.8, 4) is 11.4 Å². The van der Waals surface area contributed by atoms with Gasteiger partial charge in [0.1, 0.15) is 19.3 Å². The van der Waals surface area contributed by atoms with Crippen LogP contribution in [0.1, 0.15) is 26.3 Å². The summed E-state index contributed by atoms with van der Waals surface area (Å²) in [6.07, 6.45) is 0. The highest BCUT2D eigenvalue weighted by Gasteiger charge is 2.20. The summed E-state index contributed by atoms with van der Waals surface area (Å²) < 4.78 is 2.14. The molecule has 0 saturated carbocycles. The first-order chi connectivity index (χ1) is 8.71. The van der Waals surface area contributed by atoms with Gasteiger partial charge in [-0.2, -0.15) is 9.36 Å². The highest BCUT2D eigenvalue weighted by atomic mass is 16.3. The Balaban J connectivity index is 2.72. The van der Waals surface area contributed by atoms with Gasteiger partial charge >= 0.3 is 5.69 Å². The molecule has 6 nitrogen and oxygen atoms in total. The van der Waals surface area contributed by atoms with Gasteiger partial charge in [-0.3, -0.25) is 0 Å². The fraction of sp³-hybridized carbons (Fsp3) is 0.417. The van der Waals surface area contributed by atoms with Gasteiger partial charge in [-0.05, 0) is 33.5 Å². The molecule has 19 heavy (non-hydrogen) atoms. The number of rotatable bonds is 1. The summed E-state index contributed by atoms with van der Waals surface area (Å²) in [5.41, 5.74) is 0.943. The fourth-order valence-corrected chi connectivity index (χ4v) is 1.88. The molecule has 98 valence electrons. The summed E-state index contributed by atoms with van der Waals surface area (Å²) >= 11 is 0. The zero-order valence-corrected chi connectivity index (χ0v) is 11.4. The first-order valence-corrected chi connectivity index (χ1v) is 5.84. The van der Waals surface area contributed by atoms with E-state index in [1.54, 1.807) is 6.07 Å². The zero-order valence-electron chi connectivity index (χ0n) is 11.4. The lowest BCUT2D eigenvalue weighted by Gasteiger charge is -2.23. The third-order valence-electron chi connectivity index (χ3n) is 2.90. The maximum Gasteiger partial charge on any atom is 0.368 e. The van der Waals surface area contributed by atoms with Crippen LogP contribution >= 0.6 is 0 Å². The summed E-state index contributed by atoms with van der Waals surface area (Å²) in [7, 11) is 7.40. The van der Waals surface area contributed by atoms with E-state index in [0.717, 1.165) is 14.9 Å². The van der Waals surface area contributed by atoms with E-state index >= 15 is 0 Å². The van der Waals surface area contributed by atoms with Gasteiger partial charge in [0.15, 0.2) is 0 Å². The number of phenolic OH excluding ortho intramolecular Hbond substituents is 1. The Morgan fingerprint density at radius 3 is 2.37 bits per heavy atom. The fourth-order valence-electron chi connectivity index (χ4n) is 1.88. The molecule has 2 aromatic rings. The summed E-state index contributed by atoms with van der Waals surface area (Å²) in [5, 5.41) is 17.3. The molecular formula is C12H15BN4O2. The van der Waals surface area contributed by atoms with Crippen molar-refractivity contribution in [3.63, 3.8) is 0 Å². The van der Waals surface area contributed by atoms with Gasteiger partial charge in [-0.25, -0.2) is 4.79 Å². The van der Waals surface area contributed by atoms with Crippen molar-refractivity contribution in [1.82, 2.24) is 19.8 Å². The molecule has 0 unspecified atom stereocenters. The predicted octanol–water partition coefficient (Wildman–Crippen LogP) is -0.237. The van der Waals surface area contributed by atoms with E-state index in [0.29, 0.717) is 5.46 Å². The van der Waals surface area contributed by atoms with Crippen LogP contribution < -0.4 is 11.2 Å². The molecule has 0 atom stereocenters. The molecule has 1 N–H and O–H groups in total. The number of aromatic nitrogens is 4. The van der Waals surface area contributed by atoms with E-state index in [1.807, 2.05) is 20.8 Å². The molecule has 0 amide bonds. The van der Waals surface area contributed by atoms with E-state index in [-0.39, 0.29) is 16.9 Å². The number of phenols is 1. The molecule has 1 heterocycles. The molecule has 2 rings (SSSR count). The van der Waals surface area contributed by atoms with Crippen LogP contribution in [-0.4, -0.2) is 32.7 Å². The minimum Gasteiger partial charge on any atom is -0.506 e. The predicted molar refractivity (Wildman–Crippen MR) is 72.4 cm³/mol. The van der Waals surface area contributed by atoms with Crippen molar-refractivity contribution in [2.45, 2.75) is 26.2 Å². The van der Waals surface area contributed by atoms with Crippen molar-refractivity contribution in [1.29, 1.82) is 0 Å². The third kappa shape index (κ3) is 2.28. The Bertz CT molecular complexity index is 682. The van der Waals surface area contributed by atoms with Crippen LogP contribution in [0.5, 0.6) is 5.75 Å². The van der Waals surface area contributed by atoms with Crippen LogP contribution in [0.3, 0.4) is 0 Å². The van der Waals surface area contributed by atoms with Crippen LogP contribution in [0.4, 0.5) is 0 Å². The molecule has 0 fully saturated rings. The minimum absolute atomic E-state index is 0.104. The topological polar surface area (TPSA) is 72.9 Å². The monoisotopic (exact) mass is 258 g/mol. The van der Waals surface area contributed by atoms with Gasteiger partial charge in [0.05, 0.1) is 0 Å². The normalized spacial score (nSPS) is 11.8. The number of aromatic hydroxyl groups is 1. The summed E-state index contributed by atoms with van der Waals surface area (Å²) in [6, 6.07) is 3.10. The van der Waals surface area contributed by atoms with Gasteiger partial charge in [0.2, 0.25) is 0 Å². The first kappa shape index (κ1) is 13.4. The number of benzene rings is 1. The maximum atomic E-state index is 11.8. The number of aryl methyl sites for hydroxylation is 1. The lowest BCUT2D eigenvalue weighted by atomic mass is 9.77. The van der Waals surface area contributed by atoms with Crippen molar-refractivity contribution in [3.05, 3.63) is 28.2 Å². The van der Waals surface area contributed by atoms with Gasteiger partial charge in [-0.15, -0.1) is 0 Å². The lowest BCUT2D eigenvalue weighted by Crippen LogP contribution is -2.26. The molecule has 0 aliphatic rings. The van der Waals surface area contributed by atoms with E-state index in [4.69, 9.17) is 7.85 Å². The Kier molecular flexibility index (Phi) is 3.00. The summed E-state index contributed by atoms with van der Waals surface area (Å²) in [4.78, 5) is 11.8. The Morgan fingerprint density at radius 1 is 1.26 bits per heavy atom. The molecule has 7 heteroatoms. The smallest absolute Gasteiger partial charge is 0.368 e. The number of hydrogen-bond donors (Lipinski definition) is 1. The van der Waals surface area contributed by atoms with Gasteiger partial charge in [0, 0.05) is 7.05 Å². The third-order valence-corrected chi connectivity index (χ3v) is 2.90. The van der Waals surface area contributed by atoms with Crippen molar-refractivity contribution in [2.24, 2.45) is 7.05 Å². The summed E-state index contributed by atoms with van der Waals surface area (Å²) in [6.45, 7) is 6.00. The molecule has 2 radical (unpaired) electrons. The second kappa shape index (κ2) is 4.26. The second-order valence-corrected chi connectivity index (χ2v) is 5.48. The highest BCUT2D eigenvalue weighted by molar-refractivity contribution is 6.33. The van der Waals surface area contributed by atoms with Crippen molar-refractivity contribution in [2.75, 3.05) is 0 Å². The standard InChI is InChI=1S/C12H15BN4O2/c1-12(2,3)7-5-9(10(18)6-8(7)13)17-11(19)16(4)14-15-17/h5-6,18H,1-4H3. The van der Waals surface area contributed by atoms with Crippen LogP contribution in [0.25, 0.3) is 5.69 Å². The lowest BCUT2D eigenvalue weighted by molar-refractivity contribution is 0.468. The van der Waals surface area contributed by atoms with Crippen LogP contribution in [0.15, 0.2) is 16.9 Å². The molecule has 0 saturated heterocycles. The number of tetrazole rings is 1. The molecule has 0 bridgehead atoms. The van der Waals surface area contributed by atoms with Gasteiger partial charge < -0.3 is 5.11 Å². The Hall–Kier alpha value is -2.05. The molecule has 1 aromatic heterocycles. The average molecular weight is 258 g/mol. The van der Waals surface area contributed by atoms with E-state index in [1.165, 1.54) is 13.1 Å². The largest absolute Gasteiger partial charge is 0.506 e. The second-order valence-electron chi connectivity index (χ2n) is 5.48. The average Bonchev–Trinajstić information content (AvgIpc) is 2.59. The van der Waals surface area contributed by atoms with Crippen LogP contribution in [-0.2, 0) is 12.5 Å². The molecular weight excluding hydrogens is 243 g/mol. The molecule has 0 aliphatic carbocycles. The SMILES string of the molecule is [B]c1cc(O)c(-n2nnn(C)c2=O)cc1C(C)(C)C. The van der Waals surface area contributed by atoms with Crippen LogP contribution in [0, 0.1) is 0 Å². The van der Waals surface area contributed by atoms with Gasteiger partial charge in [0.25, 0.3) is 0 Å². The molecule has 0 spiro atoms. The zero-order chi connectivity index (χ0) is 14.4. The van der Waals surface area contributed by atoms with E-state index in [9.17, 15) is 9.90 Å². The van der Waals surface area contributed by atoms with Crippen molar-refractivity contribution < 1.29 is 5.11 Å². The van der Waals surface area contributed by atoms with Gasteiger partial charge in [-0.1, -0.05) is 26.2 Å². The minimum atomic E-state index is -0.431. The van der Waals surface area contributed by atoms with Crippen molar-refractivity contribution >= 4 is 13.3 Å². The maximum absolute atomic E-state index is 11.8. The molecule has 1 aromatic carbocycles. The highest BCUT2D eigenvalue weighted by Crippen LogP contribution is 2.26. The Morgan fingerprint density at radius 2 is 1.89 bits per heavy atom. The first-order valence-electron chi connectivity index (χ1n) is 5.84. The summed E-state index contributed by atoms with van der Waals surface area (Å²) in [5.74, 6) is -0.104. The number of nitrogens with zero attached hydrogens (tertiary/aromatic N) is 4. The molecule has 0 aliphatic heterocycles. The Labute approximate surface area is 112 Å². The van der Waals surface area contributed by atoms with Crippen LogP contribution in [0.2, 0.25) is 0 Å².